The van der Waals surface area contributed by atoms with E-state index >= 15 is 0 Å². The molecule has 0 aliphatic carbocycles. The van der Waals surface area contributed by atoms with Gasteiger partial charge in [-0.2, -0.15) is 0 Å². The van der Waals surface area contributed by atoms with Gasteiger partial charge in [-0.25, -0.2) is 14.0 Å². The van der Waals surface area contributed by atoms with Crippen LogP contribution in [0, 0.1) is 5.82 Å². The number of anilines is 2. The van der Waals surface area contributed by atoms with Gasteiger partial charge in [0.1, 0.15) is 12.4 Å². The summed E-state index contributed by atoms with van der Waals surface area (Å²) in [4.78, 5) is 26.9. The van der Waals surface area contributed by atoms with E-state index in [1.54, 1.807) is 49.2 Å². The van der Waals surface area contributed by atoms with Gasteiger partial charge in [-0.15, -0.1) is 0 Å². The van der Waals surface area contributed by atoms with E-state index in [0.29, 0.717) is 27.6 Å². The first-order valence-corrected chi connectivity index (χ1v) is 10.6. The van der Waals surface area contributed by atoms with Gasteiger partial charge < -0.3 is 30.3 Å². The lowest BCUT2D eigenvalue weighted by atomic mass is 9.95. The molecule has 174 valence electrons. The second-order valence-corrected chi connectivity index (χ2v) is 7.64. The molecular formula is C23H25FN4O4S. The standard InChI is InChI=1S/C23H25FN4O4S/c1-14-19(21(29)32-12-11-31-3)20(27-23(33)28(14)2)15-7-6-8-16(13-15)25-22(30)26-18-10-5-4-9-17(18)24/h4-10,13,20H,11-12H2,1-3H3,(H,27,33)(H2,25,26,30). The van der Waals surface area contributed by atoms with Crippen LogP contribution >= 0.6 is 12.2 Å². The number of thiocarbonyl (C=S) groups is 1. The molecule has 1 aliphatic rings. The van der Waals surface area contributed by atoms with E-state index in [0.717, 1.165) is 0 Å². The fourth-order valence-corrected chi connectivity index (χ4v) is 3.54. The van der Waals surface area contributed by atoms with E-state index in [2.05, 4.69) is 16.0 Å². The second kappa shape index (κ2) is 10.9. The first-order chi connectivity index (χ1) is 15.8. The molecule has 0 radical (unpaired) electrons. The molecule has 3 rings (SSSR count). The third-order valence-corrected chi connectivity index (χ3v) is 5.49. The number of para-hydroxylation sites is 1. The lowest BCUT2D eigenvalue weighted by molar-refractivity contribution is -0.140. The molecule has 2 aromatic rings. The minimum atomic E-state index is -0.602. The molecule has 8 nitrogen and oxygen atoms in total. The lowest BCUT2D eigenvalue weighted by Gasteiger charge is -2.35. The highest BCUT2D eigenvalue weighted by molar-refractivity contribution is 7.80. The molecule has 33 heavy (non-hydrogen) atoms. The van der Waals surface area contributed by atoms with Crippen LogP contribution in [0.15, 0.2) is 59.8 Å². The van der Waals surface area contributed by atoms with Gasteiger partial charge in [-0.3, -0.25) is 0 Å². The molecule has 1 unspecified atom stereocenters. The molecule has 3 N–H and O–H groups in total. The summed E-state index contributed by atoms with van der Waals surface area (Å²) in [6, 6.07) is 11.6. The number of rotatable bonds is 7. The van der Waals surface area contributed by atoms with Crippen molar-refractivity contribution in [2.75, 3.05) is 38.0 Å². The number of hydrogen-bond acceptors (Lipinski definition) is 5. The fourth-order valence-electron chi connectivity index (χ4n) is 3.29. The minimum Gasteiger partial charge on any atom is -0.460 e. The molecular weight excluding hydrogens is 447 g/mol. The summed E-state index contributed by atoms with van der Waals surface area (Å²) >= 11 is 5.41. The SMILES string of the molecule is COCCOC(=O)C1=C(C)N(C)C(=S)NC1c1cccc(NC(=O)Nc2ccccc2F)c1. The van der Waals surface area contributed by atoms with E-state index in [1.165, 1.54) is 25.3 Å². The number of urea groups is 1. The number of benzene rings is 2. The fraction of sp³-hybridized carbons (Fsp3) is 0.261. The first-order valence-electron chi connectivity index (χ1n) is 10.2. The predicted molar refractivity (Wildman–Crippen MR) is 127 cm³/mol. The normalized spacial score (nSPS) is 15.7. The number of nitrogens with one attached hydrogen (secondary N) is 3. The summed E-state index contributed by atoms with van der Waals surface area (Å²) in [6.07, 6.45) is 0. The van der Waals surface area contributed by atoms with Crippen molar-refractivity contribution in [3.63, 3.8) is 0 Å². The van der Waals surface area contributed by atoms with Crippen LogP contribution in [0.1, 0.15) is 18.5 Å². The summed E-state index contributed by atoms with van der Waals surface area (Å²) in [7, 11) is 3.28. The third kappa shape index (κ3) is 5.85. The summed E-state index contributed by atoms with van der Waals surface area (Å²) in [5, 5.41) is 8.75. The van der Waals surface area contributed by atoms with Gasteiger partial charge >= 0.3 is 12.0 Å². The van der Waals surface area contributed by atoms with E-state index in [9.17, 15) is 14.0 Å². The van der Waals surface area contributed by atoms with Crippen molar-refractivity contribution in [1.82, 2.24) is 10.2 Å². The number of hydrogen-bond donors (Lipinski definition) is 3. The van der Waals surface area contributed by atoms with Gasteiger partial charge in [-0.1, -0.05) is 24.3 Å². The number of esters is 1. The molecule has 1 aliphatic heterocycles. The maximum Gasteiger partial charge on any atom is 0.338 e. The third-order valence-electron chi connectivity index (χ3n) is 5.09. The number of carbonyl (C=O) groups is 2. The van der Waals surface area contributed by atoms with Crippen LogP contribution in [0.3, 0.4) is 0 Å². The summed E-state index contributed by atoms with van der Waals surface area (Å²) < 4.78 is 24.1. The molecule has 1 atom stereocenters. The largest absolute Gasteiger partial charge is 0.460 e. The van der Waals surface area contributed by atoms with Crippen molar-refractivity contribution in [1.29, 1.82) is 0 Å². The van der Waals surface area contributed by atoms with E-state index < -0.39 is 23.9 Å². The predicted octanol–water partition coefficient (Wildman–Crippen LogP) is 3.79. The molecule has 10 heteroatoms. The quantitative estimate of drug-likeness (QED) is 0.321. The molecule has 2 amide bonds. The molecule has 0 fully saturated rings. The minimum absolute atomic E-state index is 0.0631. The summed E-state index contributed by atoms with van der Waals surface area (Å²) in [6.45, 7) is 2.18. The van der Waals surface area contributed by atoms with Crippen molar-refractivity contribution < 1.29 is 23.5 Å². The van der Waals surface area contributed by atoms with E-state index in [-0.39, 0.29) is 18.9 Å². The van der Waals surface area contributed by atoms with Gasteiger partial charge in [0.25, 0.3) is 0 Å². The number of methoxy groups -OCH3 is 1. The smallest absolute Gasteiger partial charge is 0.338 e. The van der Waals surface area contributed by atoms with Crippen LogP contribution in [0.5, 0.6) is 0 Å². The zero-order chi connectivity index (χ0) is 24.0. The number of carbonyl (C=O) groups excluding carboxylic acids is 2. The van der Waals surface area contributed by atoms with E-state index in [4.69, 9.17) is 21.7 Å². The highest BCUT2D eigenvalue weighted by Gasteiger charge is 2.33. The van der Waals surface area contributed by atoms with E-state index in [1.807, 2.05) is 0 Å². The Morgan fingerprint density at radius 2 is 1.91 bits per heavy atom. The number of halogens is 1. The highest BCUT2D eigenvalue weighted by Crippen LogP contribution is 2.32. The van der Waals surface area contributed by atoms with Crippen molar-refractivity contribution in [3.8, 4) is 0 Å². The molecule has 1 heterocycles. The van der Waals surface area contributed by atoms with Crippen LogP contribution in [0.2, 0.25) is 0 Å². The van der Waals surface area contributed by atoms with Crippen LogP contribution < -0.4 is 16.0 Å². The molecule has 2 aromatic carbocycles. The van der Waals surface area contributed by atoms with Crippen molar-refractivity contribution >= 4 is 40.7 Å². The Morgan fingerprint density at radius 1 is 1.15 bits per heavy atom. The van der Waals surface area contributed by atoms with Gasteiger partial charge in [0.2, 0.25) is 0 Å². The number of nitrogens with zero attached hydrogens (tertiary/aromatic N) is 1. The summed E-state index contributed by atoms with van der Waals surface area (Å²) in [5.74, 6) is -1.03. The van der Waals surface area contributed by atoms with Crippen LogP contribution in [0.4, 0.5) is 20.6 Å². The molecule has 0 aromatic heterocycles. The van der Waals surface area contributed by atoms with Crippen LogP contribution in [-0.4, -0.2) is 49.4 Å². The Bertz CT molecular complexity index is 1090. The number of amides is 2. The molecule has 0 saturated carbocycles. The Morgan fingerprint density at radius 3 is 2.64 bits per heavy atom. The zero-order valence-electron chi connectivity index (χ0n) is 18.5. The lowest BCUT2D eigenvalue weighted by Crippen LogP contribution is -2.46. The maximum absolute atomic E-state index is 13.8. The topological polar surface area (TPSA) is 91.9 Å². The average Bonchev–Trinajstić information content (AvgIpc) is 2.79. The van der Waals surface area contributed by atoms with Crippen molar-refractivity contribution in [3.05, 3.63) is 71.2 Å². The van der Waals surface area contributed by atoms with Gasteiger partial charge in [0.15, 0.2) is 5.11 Å². The summed E-state index contributed by atoms with van der Waals surface area (Å²) in [5.41, 5.74) is 2.26. The average molecular weight is 473 g/mol. The van der Waals surface area contributed by atoms with Gasteiger partial charge in [0, 0.05) is 25.5 Å². The zero-order valence-corrected chi connectivity index (χ0v) is 19.3. The Kier molecular flexibility index (Phi) is 7.96. The Hall–Kier alpha value is -3.50. The number of ether oxygens (including phenoxy) is 2. The molecule has 0 bridgehead atoms. The van der Waals surface area contributed by atoms with Gasteiger partial charge in [-0.05, 0) is 49.0 Å². The van der Waals surface area contributed by atoms with Crippen LogP contribution in [0.25, 0.3) is 0 Å². The van der Waals surface area contributed by atoms with Gasteiger partial charge in [0.05, 0.1) is 23.9 Å². The Labute approximate surface area is 196 Å². The number of allylic oxidation sites excluding steroid dienone is 1. The molecule has 0 saturated heterocycles. The second-order valence-electron chi connectivity index (χ2n) is 7.25. The maximum atomic E-state index is 13.8. The molecule has 0 spiro atoms. The first kappa shape index (κ1) is 24.1. The monoisotopic (exact) mass is 472 g/mol. The van der Waals surface area contributed by atoms with Crippen molar-refractivity contribution in [2.45, 2.75) is 13.0 Å². The highest BCUT2D eigenvalue weighted by atomic mass is 32.1. The van der Waals surface area contributed by atoms with Crippen LogP contribution in [-0.2, 0) is 14.3 Å². The Balaban J connectivity index is 1.83. The van der Waals surface area contributed by atoms with Crippen molar-refractivity contribution in [2.24, 2.45) is 0 Å².